The number of hydrogen-bond acceptors (Lipinski definition) is 4. The Kier molecular flexibility index (Phi) is 3.03. The van der Waals surface area contributed by atoms with Gasteiger partial charge in [0.05, 0.1) is 25.0 Å². The molecule has 0 N–H and O–H groups in total. The first-order chi connectivity index (χ1) is 6.22. The molecule has 0 radical (unpaired) electrons. The number of aromatic nitrogens is 1. The van der Waals surface area contributed by atoms with E-state index in [4.69, 9.17) is 4.74 Å². The lowest BCUT2D eigenvalue weighted by atomic mass is 10.3. The van der Waals surface area contributed by atoms with E-state index in [2.05, 4.69) is 4.98 Å². The van der Waals surface area contributed by atoms with Crippen LogP contribution < -0.4 is 9.84 Å². The maximum Gasteiger partial charge on any atom is 0.137 e. The van der Waals surface area contributed by atoms with Crippen molar-refractivity contribution in [3.05, 3.63) is 30.1 Å². The van der Waals surface area contributed by atoms with Crippen LogP contribution in [0, 0.1) is 0 Å². The molecule has 0 aromatic carbocycles. The lowest BCUT2D eigenvalue weighted by molar-refractivity contribution is -0.297. The number of ether oxygens (including phenoxy) is 1. The fourth-order valence-electron chi connectivity index (χ4n) is 0.764. The van der Waals surface area contributed by atoms with Gasteiger partial charge in [0.25, 0.3) is 0 Å². The van der Waals surface area contributed by atoms with Crippen LogP contribution in [-0.2, 0) is 4.79 Å². The third kappa shape index (κ3) is 2.94. The van der Waals surface area contributed by atoms with E-state index in [0.29, 0.717) is 11.4 Å². The molecule has 0 bridgehead atoms. The minimum atomic E-state index is -1.24. The smallest absolute Gasteiger partial charge is 0.137 e. The zero-order valence-corrected chi connectivity index (χ0v) is 7.06. The molecule has 0 aliphatic rings. The lowest BCUT2D eigenvalue weighted by Gasteiger charge is -1.98. The van der Waals surface area contributed by atoms with Gasteiger partial charge in [0.15, 0.2) is 0 Å². The predicted molar refractivity (Wildman–Crippen MR) is 44.8 cm³/mol. The van der Waals surface area contributed by atoms with Gasteiger partial charge in [0, 0.05) is 0 Å². The zero-order chi connectivity index (χ0) is 9.68. The van der Waals surface area contributed by atoms with Crippen LogP contribution >= 0.6 is 0 Å². The van der Waals surface area contributed by atoms with Crippen molar-refractivity contribution in [2.45, 2.75) is 0 Å². The van der Waals surface area contributed by atoms with Crippen LogP contribution in [-0.4, -0.2) is 18.1 Å². The summed E-state index contributed by atoms with van der Waals surface area (Å²) in [6.45, 7) is 0. The largest absolute Gasteiger partial charge is 0.545 e. The standard InChI is InChI=1S/C9H9NO3/c1-13-8-4-2-7(10-6-8)3-5-9(11)12/h2-6H,1H3,(H,11,12)/p-1/b5-3+. The van der Waals surface area contributed by atoms with Crippen molar-refractivity contribution in [3.63, 3.8) is 0 Å². The second-order valence-electron chi connectivity index (χ2n) is 2.28. The number of carboxylic acids is 1. The number of carbonyl (C=O) groups is 1. The van der Waals surface area contributed by atoms with Crippen LogP contribution in [0.4, 0.5) is 0 Å². The van der Waals surface area contributed by atoms with Gasteiger partial charge in [0.1, 0.15) is 5.75 Å². The van der Waals surface area contributed by atoms with Gasteiger partial charge in [-0.3, -0.25) is 4.98 Å². The Balaban J connectivity index is 2.75. The quantitative estimate of drug-likeness (QED) is 0.604. The van der Waals surface area contributed by atoms with Crippen LogP contribution in [0.25, 0.3) is 6.08 Å². The van der Waals surface area contributed by atoms with Crippen molar-refractivity contribution >= 4 is 12.0 Å². The van der Waals surface area contributed by atoms with Crippen molar-refractivity contribution in [2.24, 2.45) is 0 Å². The molecular weight excluding hydrogens is 170 g/mol. The van der Waals surface area contributed by atoms with Crippen LogP contribution in [0.3, 0.4) is 0 Å². The highest BCUT2D eigenvalue weighted by atomic mass is 16.5. The summed E-state index contributed by atoms with van der Waals surface area (Å²) in [6, 6.07) is 3.35. The van der Waals surface area contributed by atoms with Crippen LogP contribution in [0.2, 0.25) is 0 Å². The van der Waals surface area contributed by atoms with E-state index < -0.39 is 5.97 Å². The van der Waals surface area contributed by atoms with Crippen LogP contribution in [0.15, 0.2) is 24.4 Å². The maximum absolute atomic E-state index is 10.0. The molecule has 0 spiro atoms. The Bertz CT molecular complexity index is 316. The Hall–Kier alpha value is -1.84. The number of nitrogens with zero attached hydrogens (tertiary/aromatic N) is 1. The van der Waals surface area contributed by atoms with Gasteiger partial charge in [-0.2, -0.15) is 0 Å². The number of carbonyl (C=O) groups excluding carboxylic acids is 1. The minimum Gasteiger partial charge on any atom is -0.545 e. The number of aliphatic carboxylic acids is 1. The lowest BCUT2D eigenvalue weighted by Crippen LogP contribution is -2.18. The third-order valence-electron chi connectivity index (χ3n) is 1.39. The summed E-state index contributed by atoms with van der Waals surface area (Å²) in [7, 11) is 1.54. The summed E-state index contributed by atoms with van der Waals surface area (Å²) < 4.78 is 4.88. The van der Waals surface area contributed by atoms with Crippen molar-refractivity contribution < 1.29 is 14.6 Å². The van der Waals surface area contributed by atoms with E-state index in [-0.39, 0.29) is 0 Å². The van der Waals surface area contributed by atoms with Gasteiger partial charge in [-0.25, -0.2) is 0 Å². The number of methoxy groups -OCH3 is 1. The molecule has 0 fully saturated rings. The third-order valence-corrected chi connectivity index (χ3v) is 1.39. The van der Waals surface area contributed by atoms with E-state index in [1.54, 1.807) is 12.1 Å². The van der Waals surface area contributed by atoms with Crippen LogP contribution in [0.5, 0.6) is 5.75 Å². The molecule has 0 aliphatic carbocycles. The maximum atomic E-state index is 10.0. The topological polar surface area (TPSA) is 62.2 Å². The van der Waals surface area contributed by atoms with Gasteiger partial charge in [-0.05, 0) is 24.3 Å². The molecule has 1 aromatic rings. The molecule has 4 nitrogen and oxygen atoms in total. The number of hydrogen-bond donors (Lipinski definition) is 0. The summed E-state index contributed by atoms with van der Waals surface area (Å²) in [5.74, 6) is -0.608. The molecular formula is C9H8NO3-. The summed E-state index contributed by atoms with van der Waals surface area (Å²) in [4.78, 5) is 14.0. The van der Waals surface area contributed by atoms with Crippen LogP contribution in [0.1, 0.15) is 5.69 Å². The summed E-state index contributed by atoms with van der Waals surface area (Å²) in [5, 5.41) is 10.0. The van der Waals surface area contributed by atoms with Gasteiger partial charge in [-0.15, -0.1) is 0 Å². The Morgan fingerprint density at radius 3 is 2.85 bits per heavy atom. The monoisotopic (exact) mass is 178 g/mol. The molecule has 4 heteroatoms. The SMILES string of the molecule is COc1ccc(/C=C/C(=O)[O-])nc1. The molecule has 1 aromatic heterocycles. The fourth-order valence-corrected chi connectivity index (χ4v) is 0.764. The second-order valence-corrected chi connectivity index (χ2v) is 2.28. The molecule has 13 heavy (non-hydrogen) atoms. The van der Waals surface area contributed by atoms with E-state index in [9.17, 15) is 9.90 Å². The Labute approximate surface area is 75.5 Å². The molecule has 0 saturated carbocycles. The Morgan fingerprint density at radius 1 is 1.62 bits per heavy atom. The fraction of sp³-hybridized carbons (Fsp3) is 0.111. The predicted octanol–water partition coefficient (Wildman–Crippen LogP) is -0.147. The Morgan fingerprint density at radius 2 is 2.38 bits per heavy atom. The average Bonchev–Trinajstić information content (AvgIpc) is 2.15. The van der Waals surface area contributed by atoms with Crippen molar-refractivity contribution in [2.75, 3.05) is 7.11 Å². The van der Waals surface area contributed by atoms with E-state index in [1.807, 2.05) is 0 Å². The van der Waals surface area contributed by atoms with Gasteiger partial charge in [-0.1, -0.05) is 0 Å². The summed E-state index contributed by atoms with van der Waals surface area (Å²) in [6.07, 6.45) is 3.79. The summed E-state index contributed by atoms with van der Waals surface area (Å²) in [5.41, 5.74) is 0.546. The van der Waals surface area contributed by atoms with E-state index in [1.165, 1.54) is 19.4 Å². The number of pyridine rings is 1. The zero-order valence-electron chi connectivity index (χ0n) is 7.06. The highest BCUT2D eigenvalue weighted by Gasteiger charge is 1.90. The molecule has 0 aliphatic heterocycles. The van der Waals surface area contributed by atoms with Gasteiger partial charge < -0.3 is 14.6 Å². The summed E-state index contributed by atoms with van der Waals surface area (Å²) >= 11 is 0. The minimum absolute atomic E-state index is 0.546. The molecule has 1 rings (SSSR count). The van der Waals surface area contributed by atoms with Gasteiger partial charge >= 0.3 is 0 Å². The van der Waals surface area contributed by atoms with E-state index >= 15 is 0 Å². The van der Waals surface area contributed by atoms with E-state index in [0.717, 1.165) is 6.08 Å². The number of carboxylic acid groups (broad SMARTS) is 1. The highest BCUT2D eigenvalue weighted by molar-refractivity contribution is 5.83. The molecule has 68 valence electrons. The van der Waals surface area contributed by atoms with Crippen molar-refractivity contribution in [3.8, 4) is 5.75 Å². The average molecular weight is 178 g/mol. The van der Waals surface area contributed by atoms with Gasteiger partial charge in [0.2, 0.25) is 0 Å². The molecule has 0 atom stereocenters. The second kappa shape index (κ2) is 4.25. The highest BCUT2D eigenvalue weighted by Crippen LogP contribution is 2.08. The first kappa shape index (κ1) is 9.25. The first-order valence-corrected chi connectivity index (χ1v) is 3.61. The molecule has 0 amide bonds. The number of rotatable bonds is 3. The van der Waals surface area contributed by atoms with Crippen molar-refractivity contribution in [1.82, 2.24) is 4.98 Å². The molecule has 0 saturated heterocycles. The normalized spacial score (nSPS) is 10.2. The molecule has 0 unspecified atom stereocenters. The van der Waals surface area contributed by atoms with Crippen molar-refractivity contribution in [1.29, 1.82) is 0 Å². The first-order valence-electron chi connectivity index (χ1n) is 3.61. The molecule has 1 heterocycles.